The van der Waals surface area contributed by atoms with E-state index in [9.17, 15) is 0 Å². The van der Waals surface area contributed by atoms with Crippen LogP contribution in [0.15, 0.2) is 46.8 Å². The van der Waals surface area contributed by atoms with Crippen molar-refractivity contribution in [1.82, 2.24) is 10.6 Å². The molecule has 132 valence electrons. The first-order valence-electron chi connectivity index (χ1n) is 7.89. The first-order valence-corrected chi connectivity index (χ1v) is 8.77. The van der Waals surface area contributed by atoms with Gasteiger partial charge < -0.3 is 15.4 Å². The van der Waals surface area contributed by atoms with Crippen molar-refractivity contribution in [1.29, 1.82) is 0 Å². The summed E-state index contributed by atoms with van der Waals surface area (Å²) in [5.74, 6) is 2.21. The van der Waals surface area contributed by atoms with Crippen molar-refractivity contribution in [2.75, 3.05) is 20.2 Å². The molecule has 0 saturated carbocycles. The quantitative estimate of drug-likeness (QED) is 0.282. The maximum absolute atomic E-state index is 5.90. The average Bonchev–Trinajstić information content (AvgIpc) is 3.08. The van der Waals surface area contributed by atoms with Crippen LogP contribution >= 0.6 is 35.3 Å². The number of hydrogen-bond acceptors (Lipinski definition) is 3. The van der Waals surface area contributed by atoms with E-state index in [4.69, 9.17) is 4.74 Å². The molecule has 1 aromatic heterocycles. The van der Waals surface area contributed by atoms with E-state index in [2.05, 4.69) is 59.1 Å². The molecule has 1 heterocycles. The van der Waals surface area contributed by atoms with E-state index in [1.54, 1.807) is 18.4 Å². The SMILES string of the molecule is CN=C(NCCOc1ccccc1C(C)C)NCc1cccs1.I. The van der Waals surface area contributed by atoms with Crippen LogP contribution in [0.25, 0.3) is 0 Å². The number of thiophene rings is 1. The predicted octanol–water partition coefficient (Wildman–Crippen LogP) is 4.23. The van der Waals surface area contributed by atoms with E-state index < -0.39 is 0 Å². The Morgan fingerprint density at radius 3 is 2.62 bits per heavy atom. The fourth-order valence-corrected chi connectivity index (χ4v) is 2.87. The number of para-hydroxylation sites is 1. The van der Waals surface area contributed by atoms with Gasteiger partial charge in [0.05, 0.1) is 13.1 Å². The van der Waals surface area contributed by atoms with Crippen LogP contribution in [0.1, 0.15) is 30.2 Å². The van der Waals surface area contributed by atoms with Gasteiger partial charge in [0.2, 0.25) is 0 Å². The smallest absolute Gasteiger partial charge is 0.191 e. The number of nitrogens with one attached hydrogen (secondary N) is 2. The standard InChI is InChI=1S/C18H25N3OS.HI/c1-14(2)16-8-4-5-9-17(16)22-11-10-20-18(19-3)21-13-15-7-6-12-23-15;/h4-9,12,14H,10-11,13H2,1-3H3,(H2,19,20,21);1H. The van der Waals surface area contributed by atoms with E-state index in [1.807, 2.05) is 12.1 Å². The molecular weight excluding hydrogens is 433 g/mol. The highest BCUT2D eigenvalue weighted by molar-refractivity contribution is 14.0. The van der Waals surface area contributed by atoms with Gasteiger partial charge in [-0.25, -0.2) is 0 Å². The zero-order valence-corrected chi connectivity index (χ0v) is 17.6. The lowest BCUT2D eigenvalue weighted by atomic mass is 10.0. The van der Waals surface area contributed by atoms with Gasteiger partial charge in [-0.1, -0.05) is 38.1 Å². The Morgan fingerprint density at radius 1 is 1.17 bits per heavy atom. The van der Waals surface area contributed by atoms with Crippen molar-refractivity contribution < 1.29 is 4.74 Å². The molecule has 0 aliphatic carbocycles. The van der Waals surface area contributed by atoms with Crippen LogP contribution in [0, 0.1) is 0 Å². The van der Waals surface area contributed by atoms with Gasteiger partial charge >= 0.3 is 0 Å². The molecule has 0 atom stereocenters. The molecule has 0 fully saturated rings. The molecule has 0 unspecified atom stereocenters. The maximum atomic E-state index is 5.90. The van der Waals surface area contributed by atoms with Crippen LogP contribution < -0.4 is 15.4 Å². The summed E-state index contributed by atoms with van der Waals surface area (Å²) >= 11 is 1.74. The number of nitrogens with zero attached hydrogens (tertiary/aromatic N) is 1. The van der Waals surface area contributed by atoms with E-state index >= 15 is 0 Å². The van der Waals surface area contributed by atoms with Crippen LogP contribution in [0.2, 0.25) is 0 Å². The first kappa shape index (κ1) is 20.8. The molecule has 4 nitrogen and oxygen atoms in total. The van der Waals surface area contributed by atoms with E-state index in [0.717, 1.165) is 18.3 Å². The topological polar surface area (TPSA) is 45.7 Å². The Morgan fingerprint density at radius 2 is 1.96 bits per heavy atom. The third kappa shape index (κ3) is 6.68. The Bertz CT molecular complexity index is 614. The molecule has 0 radical (unpaired) electrons. The zero-order chi connectivity index (χ0) is 16.5. The first-order chi connectivity index (χ1) is 11.2. The highest BCUT2D eigenvalue weighted by atomic mass is 127. The lowest BCUT2D eigenvalue weighted by Crippen LogP contribution is -2.38. The van der Waals surface area contributed by atoms with Gasteiger partial charge in [0, 0.05) is 11.9 Å². The van der Waals surface area contributed by atoms with Crippen molar-refractivity contribution in [2.24, 2.45) is 4.99 Å². The van der Waals surface area contributed by atoms with Gasteiger partial charge in [-0.05, 0) is 29.0 Å². The van der Waals surface area contributed by atoms with Gasteiger partial charge in [0.25, 0.3) is 0 Å². The number of benzene rings is 1. The Balaban J connectivity index is 0.00000288. The second-order valence-corrected chi connectivity index (χ2v) is 6.51. The van der Waals surface area contributed by atoms with Crippen LogP contribution in [-0.4, -0.2) is 26.2 Å². The van der Waals surface area contributed by atoms with E-state index in [1.165, 1.54) is 10.4 Å². The third-order valence-electron chi connectivity index (χ3n) is 3.43. The molecule has 24 heavy (non-hydrogen) atoms. The largest absolute Gasteiger partial charge is 0.491 e. The highest BCUT2D eigenvalue weighted by Gasteiger charge is 2.06. The molecule has 2 rings (SSSR count). The molecule has 0 spiro atoms. The van der Waals surface area contributed by atoms with Crippen LogP contribution in [0.3, 0.4) is 0 Å². The van der Waals surface area contributed by atoms with E-state index in [0.29, 0.717) is 19.1 Å². The second kappa shape index (κ2) is 11.3. The van der Waals surface area contributed by atoms with Gasteiger partial charge in [-0.15, -0.1) is 35.3 Å². The van der Waals surface area contributed by atoms with Crippen molar-refractivity contribution in [3.63, 3.8) is 0 Å². The lowest BCUT2D eigenvalue weighted by Gasteiger charge is -2.15. The van der Waals surface area contributed by atoms with Gasteiger partial charge in [0.1, 0.15) is 12.4 Å². The summed E-state index contributed by atoms with van der Waals surface area (Å²) in [6.45, 7) is 6.45. The molecule has 0 aliphatic heterocycles. The zero-order valence-electron chi connectivity index (χ0n) is 14.4. The molecule has 0 aliphatic rings. The summed E-state index contributed by atoms with van der Waals surface area (Å²) in [4.78, 5) is 5.51. The van der Waals surface area contributed by atoms with Gasteiger partial charge in [-0.3, -0.25) is 4.99 Å². The van der Waals surface area contributed by atoms with Crippen LogP contribution in [0.4, 0.5) is 0 Å². The minimum absolute atomic E-state index is 0. The maximum Gasteiger partial charge on any atom is 0.191 e. The monoisotopic (exact) mass is 459 g/mol. The van der Waals surface area contributed by atoms with Crippen molar-refractivity contribution >= 4 is 41.3 Å². The lowest BCUT2D eigenvalue weighted by molar-refractivity contribution is 0.317. The normalized spacial score (nSPS) is 11.1. The Labute approximate surface area is 165 Å². The molecule has 2 N–H and O–H groups in total. The van der Waals surface area contributed by atoms with E-state index in [-0.39, 0.29) is 24.0 Å². The fourth-order valence-electron chi connectivity index (χ4n) is 2.22. The molecule has 6 heteroatoms. The number of ether oxygens (including phenoxy) is 1. The minimum atomic E-state index is 0. The molecule has 1 aromatic carbocycles. The Hall–Kier alpha value is -1.28. The second-order valence-electron chi connectivity index (χ2n) is 5.47. The number of aliphatic imine (C=N–C) groups is 1. The summed E-state index contributed by atoms with van der Waals surface area (Å²) in [5, 5.41) is 8.64. The van der Waals surface area contributed by atoms with Crippen molar-refractivity contribution in [3.05, 3.63) is 52.2 Å². The summed E-state index contributed by atoms with van der Waals surface area (Å²) in [5.41, 5.74) is 1.24. The van der Waals surface area contributed by atoms with Gasteiger partial charge in [0.15, 0.2) is 5.96 Å². The molecule has 2 aromatic rings. The number of halogens is 1. The van der Waals surface area contributed by atoms with Crippen molar-refractivity contribution in [2.45, 2.75) is 26.3 Å². The summed E-state index contributed by atoms with van der Waals surface area (Å²) < 4.78 is 5.90. The molecule has 0 amide bonds. The van der Waals surface area contributed by atoms with Crippen molar-refractivity contribution in [3.8, 4) is 5.75 Å². The summed E-state index contributed by atoms with van der Waals surface area (Å²) in [6.07, 6.45) is 0. The fraction of sp³-hybridized carbons (Fsp3) is 0.389. The molecule has 0 saturated heterocycles. The molecule has 0 bridgehead atoms. The Kier molecular flexibility index (Phi) is 9.78. The number of guanidine groups is 1. The predicted molar refractivity (Wildman–Crippen MR) is 114 cm³/mol. The van der Waals surface area contributed by atoms with Gasteiger partial charge in [-0.2, -0.15) is 0 Å². The third-order valence-corrected chi connectivity index (χ3v) is 4.30. The van der Waals surface area contributed by atoms with Crippen LogP contribution in [0.5, 0.6) is 5.75 Å². The molecular formula is C18H26IN3OS. The average molecular weight is 459 g/mol. The number of hydrogen-bond donors (Lipinski definition) is 2. The summed E-state index contributed by atoms with van der Waals surface area (Å²) in [7, 11) is 1.78. The minimum Gasteiger partial charge on any atom is -0.491 e. The number of rotatable bonds is 7. The summed E-state index contributed by atoms with van der Waals surface area (Å²) in [6, 6.07) is 12.4. The van der Waals surface area contributed by atoms with Crippen LogP contribution in [-0.2, 0) is 6.54 Å². The highest BCUT2D eigenvalue weighted by Crippen LogP contribution is 2.25.